The number of methoxy groups -OCH3 is 1. The van der Waals surface area contributed by atoms with E-state index >= 15 is 0 Å². The van der Waals surface area contributed by atoms with Gasteiger partial charge in [-0.25, -0.2) is 4.79 Å². The van der Waals surface area contributed by atoms with Crippen LogP contribution in [0, 0.1) is 34.5 Å². The van der Waals surface area contributed by atoms with Gasteiger partial charge in [0.25, 0.3) is 0 Å². The summed E-state index contributed by atoms with van der Waals surface area (Å²) in [5, 5.41) is 21.6. The zero-order valence-corrected chi connectivity index (χ0v) is 18.2. The first-order valence-corrected chi connectivity index (χ1v) is 11.2. The van der Waals surface area contributed by atoms with Gasteiger partial charge in [-0.2, -0.15) is 0 Å². The van der Waals surface area contributed by atoms with Crippen molar-refractivity contribution >= 4 is 5.97 Å². The molecule has 0 aliphatic heterocycles. The quantitative estimate of drug-likeness (QED) is 0.424. The van der Waals surface area contributed by atoms with Crippen molar-refractivity contribution in [2.45, 2.75) is 71.5 Å². The van der Waals surface area contributed by atoms with Crippen molar-refractivity contribution < 1.29 is 19.7 Å². The number of esters is 1. The van der Waals surface area contributed by atoms with Gasteiger partial charge in [0.1, 0.15) is 0 Å². The van der Waals surface area contributed by atoms with Crippen LogP contribution in [0.1, 0.15) is 59.3 Å². The normalized spacial score (nSPS) is 45.0. The van der Waals surface area contributed by atoms with E-state index in [0.717, 1.165) is 38.5 Å². The van der Waals surface area contributed by atoms with Crippen LogP contribution in [0.2, 0.25) is 0 Å². The Labute approximate surface area is 174 Å². The number of fused-ring (bicyclic) bond motifs is 5. The van der Waals surface area contributed by atoms with Gasteiger partial charge in [0, 0.05) is 6.08 Å². The fourth-order valence-electron chi connectivity index (χ4n) is 7.48. The van der Waals surface area contributed by atoms with Gasteiger partial charge < -0.3 is 14.9 Å². The molecule has 4 aliphatic carbocycles. The van der Waals surface area contributed by atoms with Crippen molar-refractivity contribution in [2.75, 3.05) is 7.11 Å². The summed E-state index contributed by atoms with van der Waals surface area (Å²) in [5.74, 6) is 1.11. The second-order valence-electron chi connectivity index (χ2n) is 10.3. The smallest absolute Gasteiger partial charge is 0.330 e. The molecule has 4 aliphatic rings. The maximum Gasteiger partial charge on any atom is 0.330 e. The number of rotatable bonds is 3. The van der Waals surface area contributed by atoms with Gasteiger partial charge in [-0.1, -0.05) is 50.1 Å². The SMILES string of the molecule is COC(=O)/C=C/[C@@H](C)C1=CC[C@H]2[C@@H]3CC=C4C[C@@H](O)CC[C@]4(C)[C@H]3[C@@H](O)C[C@]12C. The molecule has 0 heterocycles. The van der Waals surface area contributed by atoms with Crippen LogP contribution in [-0.2, 0) is 9.53 Å². The molecule has 8 atom stereocenters. The summed E-state index contributed by atoms with van der Waals surface area (Å²) >= 11 is 0. The number of hydrogen-bond donors (Lipinski definition) is 2. The first-order chi connectivity index (χ1) is 13.7. The van der Waals surface area contributed by atoms with Crippen LogP contribution in [0.3, 0.4) is 0 Å². The minimum absolute atomic E-state index is 0.0159. The number of carbonyl (C=O) groups excluding carboxylic acids is 1. The van der Waals surface area contributed by atoms with Crippen LogP contribution in [0.5, 0.6) is 0 Å². The lowest BCUT2D eigenvalue weighted by molar-refractivity contribution is -0.134. The van der Waals surface area contributed by atoms with E-state index in [0.29, 0.717) is 11.8 Å². The summed E-state index contributed by atoms with van der Waals surface area (Å²) in [6, 6.07) is 0. The van der Waals surface area contributed by atoms with E-state index in [4.69, 9.17) is 4.74 Å². The Morgan fingerprint density at radius 3 is 2.72 bits per heavy atom. The molecule has 0 radical (unpaired) electrons. The van der Waals surface area contributed by atoms with Gasteiger partial charge in [-0.3, -0.25) is 0 Å². The van der Waals surface area contributed by atoms with E-state index in [2.05, 4.69) is 32.9 Å². The first-order valence-electron chi connectivity index (χ1n) is 11.2. The van der Waals surface area contributed by atoms with Gasteiger partial charge in [-0.05, 0) is 73.0 Å². The van der Waals surface area contributed by atoms with Crippen LogP contribution in [0.4, 0.5) is 0 Å². The highest BCUT2D eigenvalue weighted by atomic mass is 16.5. The number of hydrogen-bond acceptors (Lipinski definition) is 4. The second kappa shape index (κ2) is 7.39. The van der Waals surface area contributed by atoms with Crippen molar-refractivity contribution in [3.63, 3.8) is 0 Å². The highest BCUT2D eigenvalue weighted by molar-refractivity contribution is 5.81. The van der Waals surface area contributed by atoms with Gasteiger partial charge in [-0.15, -0.1) is 0 Å². The monoisotopic (exact) mass is 400 g/mol. The summed E-state index contributed by atoms with van der Waals surface area (Å²) in [5.41, 5.74) is 2.72. The third kappa shape index (κ3) is 3.23. The van der Waals surface area contributed by atoms with Crippen molar-refractivity contribution in [2.24, 2.45) is 34.5 Å². The molecule has 4 nitrogen and oxygen atoms in total. The van der Waals surface area contributed by atoms with Gasteiger partial charge in [0.2, 0.25) is 0 Å². The molecule has 2 saturated carbocycles. The number of ether oxygens (including phenoxy) is 1. The summed E-state index contributed by atoms with van der Waals surface area (Å²) < 4.78 is 4.74. The lowest BCUT2D eigenvalue weighted by Crippen LogP contribution is -2.56. The summed E-state index contributed by atoms with van der Waals surface area (Å²) in [6.45, 7) is 6.79. The van der Waals surface area contributed by atoms with Crippen molar-refractivity contribution in [1.82, 2.24) is 0 Å². The molecular formula is C25H36O4. The minimum Gasteiger partial charge on any atom is -0.466 e. The molecule has 29 heavy (non-hydrogen) atoms. The van der Waals surface area contributed by atoms with E-state index in [1.54, 1.807) is 0 Å². The first kappa shape index (κ1) is 20.9. The standard InChI is InChI=1S/C25H36O4/c1-15(5-10-22(28)29-4)19-8-9-20-18-7-6-16-13-17(26)11-12-24(16,2)23(18)21(27)14-25(19,20)3/h5-6,8,10,15,17-18,20-21,23,26-27H,7,9,11-14H2,1-4H3/b10-5+/t15-,17+,18+,20+,21+,23-,24+,25-/m1/s1. The molecule has 0 aromatic rings. The number of aliphatic hydroxyl groups is 2. The molecule has 0 spiro atoms. The van der Waals surface area contributed by atoms with Crippen LogP contribution >= 0.6 is 0 Å². The highest BCUT2D eigenvalue weighted by Gasteiger charge is 2.60. The topological polar surface area (TPSA) is 66.8 Å². The Bertz CT molecular complexity index is 765. The van der Waals surface area contributed by atoms with Crippen molar-refractivity contribution in [3.05, 3.63) is 35.5 Å². The number of allylic oxidation sites excluding steroid dienone is 4. The molecular weight excluding hydrogens is 364 g/mol. The molecule has 2 fully saturated rings. The van der Waals surface area contributed by atoms with Gasteiger partial charge in [0.15, 0.2) is 0 Å². The van der Waals surface area contributed by atoms with E-state index in [-0.39, 0.29) is 40.8 Å². The van der Waals surface area contributed by atoms with Gasteiger partial charge >= 0.3 is 5.97 Å². The lowest BCUT2D eigenvalue weighted by atomic mass is 9.46. The fourth-order valence-corrected chi connectivity index (χ4v) is 7.48. The third-order valence-corrected chi connectivity index (χ3v) is 8.87. The Kier molecular flexibility index (Phi) is 5.31. The zero-order valence-electron chi connectivity index (χ0n) is 18.2. The maximum absolute atomic E-state index is 11.5. The predicted molar refractivity (Wildman–Crippen MR) is 113 cm³/mol. The van der Waals surface area contributed by atoms with E-state index in [9.17, 15) is 15.0 Å². The van der Waals surface area contributed by atoms with E-state index < -0.39 is 0 Å². The Balaban J connectivity index is 1.61. The molecule has 0 unspecified atom stereocenters. The molecule has 2 N–H and O–H groups in total. The molecule has 0 aromatic carbocycles. The molecule has 0 aromatic heterocycles. The zero-order chi connectivity index (χ0) is 21.0. The summed E-state index contributed by atoms with van der Waals surface area (Å²) in [4.78, 5) is 11.5. The minimum atomic E-state index is -0.330. The summed E-state index contributed by atoms with van der Waals surface area (Å²) in [7, 11) is 1.40. The third-order valence-electron chi connectivity index (χ3n) is 8.87. The average Bonchev–Trinajstić information content (AvgIpc) is 3.02. The van der Waals surface area contributed by atoms with Gasteiger partial charge in [0.05, 0.1) is 19.3 Å². The Morgan fingerprint density at radius 2 is 2.00 bits per heavy atom. The second-order valence-corrected chi connectivity index (χ2v) is 10.3. The molecule has 4 heteroatoms. The Hall–Kier alpha value is -1.39. The molecule has 0 saturated heterocycles. The molecule has 0 amide bonds. The predicted octanol–water partition coefficient (Wildman–Crippen LogP) is 4.18. The van der Waals surface area contributed by atoms with Crippen LogP contribution < -0.4 is 0 Å². The van der Waals surface area contributed by atoms with Crippen molar-refractivity contribution in [1.29, 1.82) is 0 Å². The van der Waals surface area contributed by atoms with Crippen LogP contribution in [-0.4, -0.2) is 35.5 Å². The summed E-state index contributed by atoms with van der Waals surface area (Å²) in [6.07, 6.45) is 13.1. The van der Waals surface area contributed by atoms with Crippen molar-refractivity contribution in [3.8, 4) is 0 Å². The maximum atomic E-state index is 11.5. The number of carbonyl (C=O) groups is 1. The molecule has 0 bridgehead atoms. The lowest BCUT2D eigenvalue weighted by Gasteiger charge is -2.59. The van der Waals surface area contributed by atoms with Crippen LogP contribution in [0.15, 0.2) is 35.5 Å². The van der Waals surface area contributed by atoms with E-state index in [1.807, 2.05) is 6.08 Å². The Morgan fingerprint density at radius 1 is 1.24 bits per heavy atom. The van der Waals surface area contributed by atoms with Crippen LogP contribution in [0.25, 0.3) is 0 Å². The largest absolute Gasteiger partial charge is 0.466 e. The molecule has 160 valence electrons. The average molecular weight is 401 g/mol. The van der Waals surface area contributed by atoms with E-state index in [1.165, 1.54) is 24.3 Å². The molecule has 4 rings (SSSR count). The fraction of sp³-hybridized carbons (Fsp3) is 0.720. The number of aliphatic hydroxyl groups excluding tert-OH is 2. The highest BCUT2D eigenvalue weighted by Crippen LogP contribution is 2.65.